The summed E-state index contributed by atoms with van der Waals surface area (Å²) in [5, 5.41) is 20.9. The van der Waals surface area contributed by atoms with Crippen LogP contribution in [0.1, 0.15) is 11.3 Å². The number of aliphatic hydroxyl groups is 1. The number of nitrogens with zero attached hydrogens (tertiary/aromatic N) is 2. The number of rotatable bonds is 7. The molecule has 24 heavy (non-hydrogen) atoms. The van der Waals surface area contributed by atoms with Gasteiger partial charge in [-0.1, -0.05) is 12.1 Å². The molecule has 2 aromatic rings. The van der Waals surface area contributed by atoms with E-state index in [-0.39, 0.29) is 18.3 Å². The van der Waals surface area contributed by atoms with Crippen LogP contribution in [0.5, 0.6) is 0 Å². The first-order chi connectivity index (χ1) is 11.6. The summed E-state index contributed by atoms with van der Waals surface area (Å²) in [7, 11) is 0. The summed E-state index contributed by atoms with van der Waals surface area (Å²) in [6.45, 7) is 5.59. The van der Waals surface area contributed by atoms with Crippen molar-refractivity contribution in [2.45, 2.75) is 19.9 Å². The molecule has 1 aliphatic rings. The van der Waals surface area contributed by atoms with E-state index >= 15 is 0 Å². The summed E-state index contributed by atoms with van der Waals surface area (Å²) in [5.41, 5.74) is 2.08. The maximum atomic E-state index is 12.9. The first-order valence-corrected chi connectivity index (χ1v) is 8.48. The Morgan fingerprint density at radius 3 is 2.96 bits per heavy atom. The van der Waals surface area contributed by atoms with Crippen LogP contribution in [-0.4, -0.2) is 41.1 Å². The van der Waals surface area contributed by atoms with E-state index in [2.05, 4.69) is 21.8 Å². The molecule has 1 aromatic carbocycles. The number of aromatic nitrogens is 2. The van der Waals surface area contributed by atoms with Gasteiger partial charge in [-0.3, -0.25) is 0 Å². The van der Waals surface area contributed by atoms with Crippen molar-refractivity contribution in [2.75, 3.05) is 31.6 Å². The van der Waals surface area contributed by atoms with Crippen LogP contribution in [0.15, 0.2) is 30.3 Å². The number of aliphatic hydroxyl groups excluding tert-OH is 1. The summed E-state index contributed by atoms with van der Waals surface area (Å²) < 4.78 is 15.0. The Kier molecular flexibility index (Phi) is 5.48. The van der Waals surface area contributed by atoms with Crippen molar-refractivity contribution in [1.82, 2.24) is 15.1 Å². The molecule has 0 radical (unpaired) electrons. The summed E-state index contributed by atoms with van der Waals surface area (Å²) in [4.78, 5) is 0. The molecule has 6 heteroatoms. The molecule has 3 N–H and O–H groups in total. The summed E-state index contributed by atoms with van der Waals surface area (Å²) in [5.74, 6) is 1.47. The standard InChI is InChI=1S/C18H25FN4O/c1-13-6-18-21-10-16(11-23(18)22-13)9-20-8-15(12-24)7-14-2-4-17(19)5-3-14/h2-6,15-16,20-21,24H,7-12H2,1H3/t15-,16+/m1/s1. The van der Waals surface area contributed by atoms with E-state index in [1.165, 1.54) is 12.1 Å². The van der Waals surface area contributed by atoms with E-state index in [1.54, 1.807) is 12.1 Å². The highest BCUT2D eigenvalue weighted by Crippen LogP contribution is 2.18. The highest BCUT2D eigenvalue weighted by molar-refractivity contribution is 5.38. The third-order valence-electron chi connectivity index (χ3n) is 4.47. The molecule has 0 spiro atoms. The molecule has 0 saturated carbocycles. The van der Waals surface area contributed by atoms with Gasteiger partial charge in [0.25, 0.3) is 0 Å². The van der Waals surface area contributed by atoms with Gasteiger partial charge in [0.15, 0.2) is 0 Å². The van der Waals surface area contributed by atoms with Gasteiger partial charge >= 0.3 is 0 Å². The second kappa shape index (κ2) is 7.77. The van der Waals surface area contributed by atoms with Crippen LogP contribution in [0.4, 0.5) is 10.2 Å². The normalized spacial score (nSPS) is 18.0. The maximum absolute atomic E-state index is 12.9. The average Bonchev–Trinajstić information content (AvgIpc) is 2.95. The van der Waals surface area contributed by atoms with E-state index in [1.807, 2.05) is 11.6 Å². The van der Waals surface area contributed by atoms with Gasteiger partial charge in [0.05, 0.1) is 5.69 Å². The van der Waals surface area contributed by atoms with Crippen molar-refractivity contribution in [3.63, 3.8) is 0 Å². The maximum Gasteiger partial charge on any atom is 0.124 e. The van der Waals surface area contributed by atoms with E-state index in [0.29, 0.717) is 5.92 Å². The molecule has 130 valence electrons. The number of nitrogens with one attached hydrogen (secondary N) is 2. The largest absolute Gasteiger partial charge is 0.396 e. The molecule has 0 aliphatic carbocycles. The minimum atomic E-state index is -0.226. The van der Waals surface area contributed by atoms with Crippen LogP contribution >= 0.6 is 0 Å². The number of halogens is 1. The van der Waals surface area contributed by atoms with Gasteiger partial charge in [-0.25, -0.2) is 9.07 Å². The molecule has 1 aliphatic heterocycles. The van der Waals surface area contributed by atoms with Crippen molar-refractivity contribution in [2.24, 2.45) is 11.8 Å². The topological polar surface area (TPSA) is 62.1 Å². The lowest BCUT2D eigenvalue weighted by Crippen LogP contribution is -2.37. The lowest BCUT2D eigenvalue weighted by atomic mass is 9.99. The summed E-state index contributed by atoms with van der Waals surface area (Å²) in [6.07, 6.45) is 0.745. The van der Waals surface area contributed by atoms with E-state index in [4.69, 9.17) is 0 Å². The molecule has 1 aromatic heterocycles. The van der Waals surface area contributed by atoms with Gasteiger partial charge in [-0.05, 0) is 37.0 Å². The van der Waals surface area contributed by atoms with E-state index < -0.39 is 0 Å². The van der Waals surface area contributed by atoms with Gasteiger partial charge in [0.2, 0.25) is 0 Å². The van der Waals surface area contributed by atoms with Crippen molar-refractivity contribution >= 4 is 5.82 Å². The Bertz CT molecular complexity index is 656. The molecule has 0 amide bonds. The monoisotopic (exact) mass is 332 g/mol. The third-order valence-corrected chi connectivity index (χ3v) is 4.47. The fraction of sp³-hybridized carbons (Fsp3) is 0.500. The summed E-state index contributed by atoms with van der Waals surface area (Å²) in [6, 6.07) is 8.56. The molecule has 3 rings (SSSR count). The van der Waals surface area contributed by atoms with Crippen molar-refractivity contribution in [3.8, 4) is 0 Å². The predicted octanol–water partition coefficient (Wildman–Crippen LogP) is 1.81. The molecule has 2 heterocycles. The van der Waals surface area contributed by atoms with Crippen LogP contribution < -0.4 is 10.6 Å². The molecular weight excluding hydrogens is 307 g/mol. The summed E-state index contributed by atoms with van der Waals surface area (Å²) >= 11 is 0. The smallest absolute Gasteiger partial charge is 0.124 e. The number of hydrogen-bond donors (Lipinski definition) is 3. The van der Waals surface area contributed by atoms with E-state index in [9.17, 15) is 9.50 Å². The van der Waals surface area contributed by atoms with Crippen molar-refractivity contribution < 1.29 is 9.50 Å². The minimum absolute atomic E-state index is 0.121. The minimum Gasteiger partial charge on any atom is -0.396 e. The van der Waals surface area contributed by atoms with Gasteiger partial charge in [-0.15, -0.1) is 0 Å². The molecule has 0 saturated heterocycles. The fourth-order valence-corrected chi connectivity index (χ4v) is 3.17. The lowest BCUT2D eigenvalue weighted by Gasteiger charge is -2.26. The van der Waals surface area contributed by atoms with Gasteiger partial charge in [0.1, 0.15) is 11.6 Å². The second-order valence-electron chi connectivity index (χ2n) is 6.64. The quantitative estimate of drug-likeness (QED) is 0.724. The molecule has 0 bridgehead atoms. The molecule has 0 unspecified atom stereocenters. The zero-order valence-electron chi connectivity index (χ0n) is 14.0. The molecule has 5 nitrogen and oxygen atoms in total. The molecule has 2 atom stereocenters. The Balaban J connectivity index is 1.44. The third kappa shape index (κ3) is 4.33. The first kappa shape index (κ1) is 16.9. The highest BCUT2D eigenvalue weighted by atomic mass is 19.1. The fourth-order valence-electron chi connectivity index (χ4n) is 3.17. The van der Waals surface area contributed by atoms with Gasteiger partial charge < -0.3 is 15.7 Å². The van der Waals surface area contributed by atoms with Crippen molar-refractivity contribution in [1.29, 1.82) is 0 Å². The zero-order valence-corrected chi connectivity index (χ0v) is 14.0. The SMILES string of the molecule is Cc1cc2n(n1)C[C@@H](CNC[C@H](CO)Cc1ccc(F)cc1)CN2. The lowest BCUT2D eigenvalue weighted by molar-refractivity contribution is 0.219. The Labute approximate surface area is 141 Å². The highest BCUT2D eigenvalue weighted by Gasteiger charge is 2.19. The van der Waals surface area contributed by atoms with Crippen LogP contribution in [0.25, 0.3) is 0 Å². The van der Waals surface area contributed by atoms with Crippen molar-refractivity contribution in [3.05, 3.63) is 47.4 Å². The Hall–Kier alpha value is -1.92. The predicted molar refractivity (Wildman–Crippen MR) is 92.5 cm³/mol. The molecular formula is C18H25FN4O. The van der Waals surface area contributed by atoms with Crippen LogP contribution in [-0.2, 0) is 13.0 Å². The molecule has 0 fully saturated rings. The number of aryl methyl sites for hydroxylation is 1. The Morgan fingerprint density at radius 2 is 2.21 bits per heavy atom. The Morgan fingerprint density at radius 1 is 1.42 bits per heavy atom. The average molecular weight is 332 g/mol. The number of benzene rings is 1. The van der Waals surface area contributed by atoms with Crippen LogP contribution in [0, 0.1) is 24.6 Å². The number of fused-ring (bicyclic) bond motifs is 1. The second-order valence-corrected chi connectivity index (χ2v) is 6.64. The number of hydrogen-bond acceptors (Lipinski definition) is 4. The van der Waals surface area contributed by atoms with Gasteiger partial charge in [-0.2, -0.15) is 5.10 Å². The van der Waals surface area contributed by atoms with E-state index in [0.717, 1.165) is 49.7 Å². The zero-order chi connectivity index (χ0) is 16.9. The number of anilines is 1. The van der Waals surface area contributed by atoms with Crippen LogP contribution in [0.3, 0.4) is 0 Å². The van der Waals surface area contributed by atoms with Gasteiger partial charge in [0, 0.05) is 44.8 Å². The first-order valence-electron chi connectivity index (χ1n) is 8.48. The van der Waals surface area contributed by atoms with Crippen LogP contribution in [0.2, 0.25) is 0 Å².